The molecule has 0 radical (unpaired) electrons. The summed E-state index contributed by atoms with van der Waals surface area (Å²) in [6.45, 7) is 8.23. The molecule has 7 heteroatoms. The number of methoxy groups -OCH3 is 1. The van der Waals surface area contributed by atoms with Crippen molar-refractivity contribution in [2.75, 3.05) is 26.7 Å². The number of esters is 1. The third-order valence-electron chi connectivity index (χ3n) is 4.57. The van der Waals surface area contributed by atoms with Gasteiger partial charge in [0.05, 0.1) is 19.7 Å². The molecule has 1 aromatic rings. The first-order valence-corrected chi connectivity index (χ1v) is 13.8. The first-order chi connectivity index (χ1) is 13.2. The smallest absolute Gasteiger partial charge is 0.325 e. The van der Waals surface area contributed by atoms with Gasteiger partial charge in [-0.1, -0.05) is 59.7 Å². The summed E-state index contributed by atoms with van der Waals surface area (Å²) in [7, 11) is -0.199. The van der Waals surface area contributed by atoms with E-state index in [0.29, 0.717) is 6.54 Å². The van der Waals surface area contributed by atoms with E-state index in [4.69, 9.17) is 4.74 Å². The zero-order valence-electron chi connectivity index (χ0n) is 17.1. The number of hydrogen-bond acceptors (Lipinski definition) is 4. The largest absolute Gasteiger partial charge is 0.468 e. The van der Waals surface area contributed by atoms with Gasteiger partial charge in [0.15, 0.2) is 0 Å². The van der Waals surface area contributed by atoms with Crippen LogP contribution in [0.15, 0.2) is 28.7 Å². The van der Waals surface area contributed by atoms with Crippen LogP contribution in [0.1, 0.15) is 18.4 Å². The van der Waals surface area contributed by atoms with Crippen molar-refractivity contribution < 1.29 is 14.3 Å². The van der Waals surface area contributed by atoms with Crippen molar-refractivity contribution >= 4 is 35.9 Å². The summed E-state index contributed by atoms with van der Waals surface area (Å²) in [5.41, 5.74) is 4.42. The molecule has 0 aromatic heterocycles. The number of rotatable bonds is 6. The van der Waals surface area contributed by atoms with Crippen molar-refractivity contribution in [1.82, 2.24) is 9.80 Å². The molecule has 1 aliphatic rings. The van der Waals surface area contributed by atoms with Crippen LogP contribution in [0.5, 0.6) is 0 Å². The van der Waals surface area contributed by atoms with Crippen LogP contribution in [-0.2, 0) is 20.9 Å². The molecule has 1 atom stereocenters. The van der Waals surface area contributed by atoms with E-state index >= 15 is 0 Å². The minimum Gasteiger partial charge on any atom is -0.468 e. The minimum absolute atomic E-state index is 0.0418. The predicted molar refractivity (Wildman–Crippen MR) is 117 cm³/mol. The number of nitrogens with zero attached hydrogens (tertiary/aromatic N) is 2. The molecule has 1 aromatic carbocycles. The Morgan fingerprint density at radius 2 is 2.04 bits per heavy atom. The van der Waals surface area contributed by atoms with Crippen LogP contribution in [0.3, 0.4) is 0 Å². The van der Waals surface area contributed by atoms with E-state index in [1.165, 1.54) is 7.11 Å². The number of halogens is 1. The highest BCUT2D eigenvalue weighted by atomic mass is 79.9. The van der Waals surface area contributed by atoms with Crippen LogP contribution < -0.4 is 0 Å². The van der Waals surface area contributed by atoms with Gasteiger partial charge in [-0.3, -0.25) is 14.5 Å². The second-order valence-electron chi connectivity index (χ2n) is 8.04. The molecule has 2 rings (SSSR count). The van der Waals surface area contributed by atoms with Crippen LogP contribution in [0.2, 0.25) is 19.6 Å². The molecule has 1 saturated heterocycles. The third-order valence-corrected chi connectivity index (χ3v) is 6.27. The number of hydrogen-bond donors (Lipinski definition) is 0. The molecule has 0 aliphatic carbocycles. The van der Waals surface area contributed by atoms with Crippen molar-refractivity contribution in [3.63, 3.8) is 0 Å². The second-order valence-corrected chi connectivity index (χ2v) is 13.6. The van der Waals surface area contributed by atoms with E-state index < -0.39 is 14.0 Å². The monoisotopic (exact) mass is 464 g/mol. The molecule has 0 bridgehead atoms. The number of benzene rings is 1. The molecule has 5 nitrogen and oxygen atoms in total. The molecule has 152 valence electrons. The molecule has 28 heavy (non-hydrogen) atoms. The highest BCUT2D eigenvalue weighted by Crippen LogP contribution is 2.25. The first kappa shape index (κ1) is 22.7. The van der Waals surface area contributed by atoms with Gasteiger partial charge in [-0.15, -0.1) is 5.54 Å². The molecule has 0 spiro atoms. The van der Waals surface area contributed by atoms with E-state index in [1.54, 1.807) is 4.90 Å². The summed E-state index contributed by atoms with van der Waals surface area (Å²) in [6, 6.07) is 7.83. The summed E-state index contributed by atoms with van der Waals surface area (Å²) in [6.07, 6.45) is 1.76. The Morgan fingerprint density at radius 1 is 1.32 bits per heavy atom. The molecule has 1 heterocycles. The van der Waals surface area contributed by atoms with E-state index in [2.05, 4.69) is 58.0 Å². The normalized spacial score (nSPS) is 17.0. The lowest BCUT2D eigenvalue weighted by atomic mass is 10.1. The summed E-state index contributed by atoms with van der Waals surface area (Å²) >= 11 is 3.59. The zero-order valence-corrected chi connectivity index (χ0v) is 19.7. The topological polar surface area (TPSA) is 49.9 Å². The summed E-state index contributed by atoms with van der Waals surface area (Å²) in [5, 5.41) is 0. The van der Waals surface area contributed by atoms with Gasteiger partial charge < -0.3 is 9.64 Å². The van der Waals surface area contributed by atoms with E-state index in [-0.39, 0.29) is 25.0 Å². The lowest BCUT2D eigenvalue weighted by Crippen LogP contribution is -2.47. The molecule has 1 fully saturated rings. The number of ether oxygens (including phenoxy) is 1. The Hall–Kier alpha value is -1.62. The Labute approximate surface area is 177 Å². The van der Waals surface area contributed by atoms with Gasteiger partial charge in [-0.25, -0.2) is 0 Å². The zero-order chi connectivity index (χ0) is 20.7. The average Bonchev–Trinajstić information content (AvgIpc) is 3.09. The fraction of sp³-hybridized carbons (Fsp3) is 0.524. The van der Waals surface area contributed by atoms with Crippen LogP contribution in [0.25, 0.3) is 0 Å². The van der Waals surface area contributed by atoms with E-state index in [1.807, 2.05) is 18.2 Å². The summed E-state index contributed by atoms with van der Waals surface area (Å²) < 4.78 is 5.83. The molecule has 0 N–H and O–H groups in total. The van der Waals surface area contributed by atoms with Gasteiger partial charge in [-0.05, 0) is 31.0 Å². The maximum absolute atomic E-state index is 13.2. The van der Waals surface area contributed by atoms with Crippen molar-refractivity contribution in [3.8, 4) is 11.5 Å². The first-order valence-electron chi connectivity index (χ1n) is 9.54. The molecule has 0 saturated carbocycles. The molecule has 1 aliphatic heterocycles. The van der Waals surface area contributed by atoms with Crippen molar-refractivity contribution in [2.24, 2.45) is 0 Å². The number of carbonyl (C=O) groups excluding carboxylic acids is 2. The Morgan fingerprint density at radius 3 is 2.68 bits per heavy atom. The average molecular weight is 465 g/mol. The van der Waals surface area contributed by atoms with Crippen LogP contribution in [-0.4, -0.2) is 62.5 Å². The Bertz CT molecular complexity index is 767. The third kappa shape index (κ3) is 6.76. The SMILES string of the molecule is COC(=O)CN(CC#C[Si](C)(C)C)C(=O)[C@@H]1CCCN1Cc1ccccc1Br. The van der Waals surface area contributed by atoms with E-state index in [9.17, 15) is 9.59 Å². The van der Waals surface area contributed by atoms with Gasteiger partial charge in [-0.2, -0.15) is 0 Å². The highest BCUT2D eigenvalue weighted by Gasteiger charge is 2.34. The lowest BCUT2D eigenvalue weighted by Gasteiger charge is -2.29. The summed E-state index contributed by atoms with van der Waals surface area (Å²) in [5.74, 6) is 2.66. The quantitative estimate of drug-likeness (QED) is 0.368. The maximum atomic E-state index is 13.2. The van der Waals surface area contributed by atoms with E-state index in [0.717, 1.165) is 29.4 Å². The van der Waals surface area contributed by atoms with Gasteiger partial charge in [0, 0.05) is 11.0 Å². The number of carbonyl (C=O) groups is 2. The molecular formula is C21H29BrN2O3Si. The van der Waals surface area contributed by atoms with Gasteiger partial charge in [0.25, 0.3) is 0 Å². The standard InChI is InChI=1S/C21H29BrN2O3Si/c1-27-20(25)16-24(13-8-14-28(2,3)4)21(26)19-11-7-12-23(19)15-17-9-5-6-10-18(17)22/h5-6,9-10,19H,7,11-13,15-16H2,1-4H3/t19-/m0/s1. The molecule has 1 amide bonds. The Kier molecular flexibility index (Phi) is 8.29. The maximum Gasteiger partial charge on any atom is 0.325 e. The van der Waals surface area contributed by atoms with Crippen LogP contribution in [0, 0.1) is 11.5 Å². The lowest BCUT2D eigenvalue weighted by molar-refractivity contribution is -0.148. The molecule has 0 unspecified atom stereocenters. The highest BCUT2D eigenvalue weighted by molar-refractivity contribution is 9.10. The van der Waals surface area contributed by atoms with Crippen LogP contribution in [0.4, 0.5) is 0 Å². The fourth-order valence-electron chi connectivity index (χ4n) is 3.18. The number of amides is 1. The predicted octanol–water partition coefficient (Wildman–Crippen LogP) is 3.30. The minimum atomic E-state index is -1.54. The van der Waals surface area contributed by atoms with Gasteiger partial charge >= 0.3 is 5.97 Å². The van der Waals surface area contributed by atoms with Crippen molar-refractivity contribution in [3.05, 3.63) is 34.3 Å². The van der Waals surface area contributed by atoms with Crippen molar-refractivity contribution in [1.29, 1.82) is 0 Å². The van der Waals surface area contributed by atoms with Gasteiger partial charge in [0.1, 0.15) is 14.6 Å². The Balaban J connectivity index is 2.14. The van der Waals surface area contributed by atoms with Crippen LogP contribution >= 0.6 is 15.9 Å². The summed E-state index contributed by atoms with van der Waals surface area (Å²) in [4.78, 5) is 28.8. The van der Waals surface area contributed by atoms with Crippen molar-refractivity contribution in [2.45, 2.75) is 45.1 Å². The second kappa shape index (κ2) is 10.2. The molecular weight excluding hydrogens is 436 g/mol. The van der Waals surface area contributed by atoms with Gasteiger partial charge in [0.2, 0.25) is 5.91 Å². The number of likely N-dealkylation sites (tertiary alicyclic amines) is 1. The fourth-order valence-corrected chi connectivity index (χ4v) is 4.20.